The molecule has 0 aliphatic carbocycles. The molecule has 1 amide bonds. The van der Waals surface area contributed by atoms with Gasteiger partial charge in [-0.3, -0.25) is 4.79 Å². The normalized spacial score (nSPS) is 24.7. The number of benzene rings is 1. The second-order valence-corrected chi connectivity index (χ2v) is 4.73. The lowest BCUT2D eigenvalue weighted by Crippen LogP contribution is -2.49. The fourth-order valence-corrected chi connectivity index (χ4v) is 2.11. The Balaban J connectivity index is 2.10. The molecule has 2 atom stereocenters. The molecule has 1 aliphatic heterocycles. The van der Waals surface area contributed by atoms with Gasteiger partial charge >= 0.3 is 0 Å². The highest BCUT2D eigenvalue weighted by Crippen LogP contribution is 2.19. The summed E-state index contributed by atoms with van der Waals surface area (Å²) in [6, 6.07) is 6.48. The van der Waals surface area contributed by atoms with E-state index in [1.54, 1.807) is 23.1 Å². The lowest BCUT2D eigenvalue weighted by Gasteiger charge is -2.35. The summed E-state index contributed by atoms with van der Waals surface area (Å²) in [6.45, 7) is 3.44. The Labute approximate surface area is 101 Å². The minimum Gasteiger partial charge on any atom is -0.508 e. The molecule has 2 unspecified atom stereocenters. The van der Waals surface area contributed by atoms with E-state index >= 15 is 0 Å². The molecule has 0 saturated carbocycles. The molecule has 4 heteroatoms. The molecule has 1 fully saturated rings. The number of carbonyl (C=O) groups is 1. The third-order valence-corrected chi connectivity index (χ3v) is 3.40. The van der Waals surface area contributed by atoms with Gasteiger partial charge in [0.15, 0.2) is 0 Å². The molecule has 4 nitrogen and oxygen atoms in total. The second-order valence-electron chi connectivity index (χ2n) is 4.73. The van der Waals surface area contributed by atoms with Gasteiger partial charge in [-0.25, -0.2) is 0 Å². The van der Waals surface area contributed by atoms with Crippen LogP contribution in [0.15, 0.2) is 24.3 Å². The SMILES string of the molecule is CC1CCN(C(=O)c2cccc(O)c2)CC1N. The van der Waals surface area contributed by atoms with Gasteiger partial charge in [-0.1, -0.05) is 13.0 Å². The maximum atomic E-state index is 12.2. The van der Waals surface area contributed by atoms with Crippen molar-refractivity contribution in [2.75, 3.05) is 13.1 Å². The van der Waals surface area contributed by atoms with Crippen molar-refractivity contribution >= 4 is 5.91 Å². The van der Waals surface area contributed by atoms with Gasteiger partial charge in [0.1, 0.15) is 5.75 Å². The van der Waals surface area contributed by atoms with Gasteiger partial charge in [0.25, 0.3) is 5.91 Å². The van der Waals surface area contributed by atoms with Crippen molar-refractivity contribution in [1.29, 1.82) is 0 Å². The quantitative estimate of drug-likeness (QED) is 0.767. The van der Waals surface area contributed by atoms with Gasteiger partial charge in [0.05, 0.1) is 0 Å². The number of phenols is 1. The van der Waals surface area contributed by atoms with Crippen LogP contribution >= 0.6 is 0 Å². The third kappa shape index (κ3) is 2.58. The summed E-state index contributed by atoms with van der Waals surface area (Å²) in [6.07, 6.45) is 0.936. The smallest absolute Gasteiger partial charge is 0.254 e. The van der Waals surface area contributed by atoms with Gasteiger partial charge in [0.2, 0.25) is 0 Å². The number of nitrogens with two attached hydrogens (primary N) is 1. The Bertz CT molecular complexity index is 420. The molecular formula is C13H18N2O2. The van der Waals surface area contributed by atoms with E-state index in [9.17, 15) is 9.90 Å². The minimum absolute atomic E-state index is 0.0463. The summed E-state index contributed by atoms with van der Waals surface area (Å²) in [4.78, 5) is 13.9. The summed E-state index contributed by atoms with van der Waals surface area (Å²) in [7, 11) is 0. The first kappa shape index (κ1) is 11.9. The Morgan fingerprint density at radius 2 is 2.29 bits per heavy atom. The number of piperidine rings is 1. The van der Waals surface area contributed by atoms with Crippen molar-refractivity contribution < 1.29 is 9.90 Å². The highest BCUT2D eigenvalue weighted by molar-refractivity contribution is 5.94. The van der Waals surface area contributed by atoms with Crippen LogP contribution in [-0.4, -0.2) is 35.0 Å². The van der Waals surface area contributed by atoms with Crippen LogP contribution in [0.2, 0.25) is 0 Å². The van der Waals surface area contributed by atoms with Crippen LogP contribution in [0.5, 0.6) is 5.75 Å². The molecule has 2 rings (SSSR count). The predicted octanol–water partition coefficient (Wildman–Crippen LogP) is 1.20. The van der Waals surface area contributed by atoms with Crippen molar-refractivity contribution in [1.82, 2.24) is 4.90 Å². The summed E-state index contributed by atoms with van der Waals surface area (Å²) >= 11 is 0. The van der Waals surface area contributed by atoms with E-state index in [-0.39, 0.29) is 17.7 Å². The van der Waals surface area contributed by atoms with Crippen LogP contribution in [0.4, 0.5) is 0 Å². The Kier molecular flexibility index (Phi) is 3.33. The number of hydrogen-bond acceptors (Lipinski definition) is 3. The van der Waals surface area contributed by atoms with E-state index in [0.29, 0.717) is 18.0 Å². The van der Waals surface area contributed by atoms with Crippen LogP contribution in [0.25, 0.3) is 0 Å². The average molecular weight is 234 g/mol. The second kappa shape index (κ2) is 4.75. The number of rotatable bonds is 1. The summed E-state index contributed by atoms with van der Waals surface area (Å²) in [5.74, 6) is 0.525. The molecule has 0 aromatic heterocycles. The van der Waals surface area contributed by atoms with Gasteiger partial charge in [-0.2, -0.15) is 0 Å². The van der Waals surface area contributed by atoms with E-state index in [4.69, 9.17) is 5.73 Å². The summed E-state index contributed by atoms with van der Waals surface area (Å²) < 4.78 is 0. The summed E-state index contributed by atoms with van der Waals surface area (Å²) in [5, 5.41) is 9.36. The van der Waals surface area contributed by atoms with Crippen molar-refractivity contribution in [3.8, 4) is 5.75 Å². The standard InChI is InChI=1S/C13H18N2O2/c1-9-5-6-15(8-12(9)14)13(17)10-3-2-4-11(16)7-10/h2-4,7,9,12,16H,5-6,8,14H2,1H3. The van der Waals surface area contributed by atoms with Crippen molar-refractivity contribution in [2.45, 2.75) is 19.4 Å². The topological polar surface area (TPSA) is 66.6 Å². The van der Waals surface area contributed by atoms with Crippen molar-refractivity contribution in [2.24, 2.45) is 11.7 Å². The number of aromatic hydroxyl groups is 1. The molecule has 1 heterocycles. The first-order valence-corrected chi connectivity index (χ1v) is 5.92. The van der Waals surface area contributed by atoms with Gasteiger partial charge in [-0.05, 0) is 30.5 Å². The van der Waals surface area contributed by atoms with E-state index in [0.717, 1.165) is 13.0 Å². The van der Waals surface area contributed by atoms with Gasteiger partial charge in [-0.15, -0.1) is 0 Å². The van der Waals surface area contributed by atoms with E-state index in [1.807, 2.05) is 0 Å². The van der Waals surface area contributed by atoms with E-state index in [2.05, 4.69) is 6.92 Å². The first-order valence-electron chi connectivity index (χ1n) is 5.92. The Morgan fingerprint density at radius 1 is 1.53 bits per heavy atom. The molecule has 0 radical (unpaired) electrons. The fourth-order valence-electron chi connectivity index (χ4n) is 2.11. The molecule has 1 saturated heterocycles. The van der Waals surface area contributed by atoms with Crippen molar-refractivity contribution in [3.63, 3.8) is 0 Å². The number of phenolic OH excluding ortho intramolecular Hbond substituents is 1. The monoisotopic (exact) mass is 234 g/mol. The molecular weight excluding hydrogens is 216 g/mol. The molecule has 92 valence electrons. The number of nitrogens with zero attached hydrogens (tertiary/aromatic N) is 1. The highest BCUT2D eigenvalue weighted by atomic mass is 16.3. The predicted molar refractivity (Wildman–Crippen MR) is 65.8 cm³/mol. The van der Waals surface area contributed by atoms with Crippen LogP contribution < -0.4 is 5.73 Å². The van der Waals surface area contributed by atoms with Crippen LogP contribution in [0, 0.1) is 5.92 Å². The minimum atomic E-state index is -0.0525. The molecule has 1 aromatic rings. The number of hydrogen-bond donors (Lipinski definition) is 2. The highest BCUT2D eigenvalue weighted by Gasteiger charge is 2.26. The van der Waals surface area contributed by atoms with Crippen LogP contribution in [0.3, 0.4) is 0 Å². The van der Waals surface area contributed by atoms with Gasteiger partial charge in [0, 0.05) is 24.7 Å². The molecule has 0 spiro atoms. The van der Waals surface area contributed by atoms with E-state index in [1.165, 1.54) is 6.07 Å². The molecule has 1 aromatic carbocycles. The average Bonchev–Trinajstić information content (AvgIpc) is 2.32. The van der Waals surface area contributed by atoms with E-state index < -0.39 is 0 Å². The lowest BCUT2D eigenvalue weighted by molar-refractivity contribution is 0.0672. The lowest BCUT2D eigenvalue weighted by atomic mass is 9.94. The molecule has 3 N–H and O–H groups in total. The maximum Gasteiger partial charge on any atom is 0.254 e. The zero-order chi connectivity index (χ0) is 12.4. The maximum absolute atomic E-state index is 12.2. The third-order valence-electron chi connectivity index (χ3n) is 3.40. The Morgan fingerprint density at radius 3 is 2.94 bits per heavy atom. The first-order chi connectivity index (χ1) is 8.08. The van der Waals surface area contributed by atoms with Crippen LogP contribution in [-0.2, 0) is 0 Å². The molecule has 1 aliphatic rings. The largest absolute Gasteiger partial charge is 0.508 e. The Hall–Kier alpha value is -1.55. The zero-order valence-corrected chi connectivity index (χ0v) is 9.97. The van der Waals surface area contributed by atoms with Crippen LogP contribution in [0.1, 0.15) is 23.7 Å². The molecule has 17 heavy (non-hydrogen) atoms. The summed E-state index contributed by atoms with van der Waals surface area (Å²) in [5.41, 5.74) is 6.49. The zero-order valence-electron chi connectivity index (χ0n) is 9.97. The number of likely N-dealkylation sites (tertiary alicyclic amines) is 1. The van der Waals surface area contributed by atoms with Gasteiger partial charge < -0.3 is 15.7 Å². The fraction of sp³-hybridized carbons (Fsp3) is 0.462. The number of carbonyl (C=O) groups excluding carboxylic acids is 1. The van der Waals surface area contributed by atoms with Crippen molar-refractivity contribution in [3.05, 3.63) is 29.8 Å². The number of amides is 1. The molecule has 0 bridgehead atoms.